The van der Waals surface area contributed by atoms with Gasteiger partial charge in [-0.1, -0.05) is 0 Å². The molecule has 0 fully saturated rings. The van der Waals surface area contributed by atoms with E-state index in [2.05, 4.69) is 9.72 Å². The van der Waals surface area contributed by atoms with Gasteiger partial charge in [0, 0.05) is 6.20 Å². The molecule has 0 atom stereocenters. The Hall–Kier alpha value is -0.990. The molecule has 0 amide bonds. The van der Waals surface area contributed by atoms with Crippen LogP contribution in [0.2, 0.25) is 0 Å². The minimum absolute atomic E-state index is 0.0429. The van der Waals surface area contributed by atoms with Gasteiger partial charge in [-0.25, -0.2) is 18.6 Å². The Labute approximate surface area is 110 Å². The maximum atomic E-state index is 12.9. The Morgan fingerprint density at radius 2 is 2.24 bits per heavy atom. The number of esters is 1. The van der Waals surface area contributed by atoms with Crippen molar-refractivity contribution in [3.63, 3.8) is 0 Å². The molecule has 1 heterocycles. The van der Waals surface area contributed by atoms with Crippen LogP contribution in [0.25, 0.3) is 0 Å². The van der Waals surface area contributed by atoms with Crippen molar-refractivity contribution in [3.8, 4) is 5.75 Å². The number of ether oxygens (including phenoxy) is 2. The molecule has 0 saturated heterocycles. The van der Waals surface area contributed by atoms with Gasteiger partial charge in [0.05, 0.1) is 22.9 Å². The van der Waals surface area contributed by atoms with E-state index >= 15 is 0 Å². The van der Waals surface area contributed by atoms with E-state index in [0.717, 1.165) is 0 Å². The summed E-state index contributed by atoms with van der Waals surface area (Å²) < 4.78 is 35.8. The maximum Gasteiger partial charge on any atom is 0.357 e. The summed E-state index contributed by atoms with van der Waals surface area (Å²) in [5, 5.41) is 0. The van der Waals surface area contributed by atoms with E-state index in [9.17, 15) is 13.6 Å². The zero-order chi connectivity index (χ0) is 13.0. The number of methoxy groups -OCH3 is 1. The lowest BCUT2D eigenvalue weighted by Gasteiger charge is -2.12. The van der Waals surface area contributed by atoms with Gasteiger partial charge in [-0.05, 0) is 29.5 Å². The number of pyridine rings is 1. The molecule has 94 valence electrons. The number of carbonyl (C=O) groups is 1. The van der Waals surface area contributed by atoms with Crippen molar-refractivity contribution in [2.24, 2.45) is 0 Å². The molecule has 0 aliphatic carbocycles. The van der Waals surface area contributed by atoms with Crippen molar-refractivity contribution in [1.29, 1.82) is 0 Å². The second-order valence-electron chi connectivity index (χ2n) is 2.92. The Bertz CT molecular complexity index is 426. The monoisotopic (exact) mass is 357 g/mol. The molecule has 0 aromatic carbocycles. The summed E-state index contributed by atoms with van der Waals surface area (Å²) in [6, 6.07) is 0. The van der Waals surface area contributed by atoms with Gasteiger partial charge in [0.15, 0.2) is 5.69 Å². The summed E-state index contributed by atoms with van der Waals surface area (Å²) in [5.41, 5.74) is -0.933. The normalized spacial score (nSPS) is 10.5. The lowest BCUT2D eigenvalue weighted by atomic mass is 10.2. The highest BCUT2D eigenvalue weighted by atomic mass is 127. The number of alkyl halides is 2. The Kier molecular flexibility index (Phi) is 5.03. The lowest BCUT2D eigenvalue weighted by Crippen LogP contribution is -2.13. The third-order valence-corrected chi connectivity index (χ3v) is 2.68. The van der Waals surface area contributed by atoms with Crippen LogP contribution in [0.3, 0.4) is 0 Å². The van der Waals surface area contributed by atoms with Crippen LogP contribution in [-0.4, -0.2) is 24.7 Å². The molecule has 4 nitrogen and oxygen atoms in total. The van der Waals surface area contributed by atoms with Crippen LogP contribution in [0.15, 0.2) is 6.20 Å². The van der Waals surface area contributed by atoms with Gasteiger partial charge in [-0.2, -0.15) is 0 Å². The van der Waals surface area contributed by atoms with Gasteiger partial charge in [0.1, 0.15) is 5.75 Å². The zero-order valence-corrected chi connectivity index (χ0v) is 11.3. The molecular formula is C10H10F2INO3. The largest absolute Gasteiger partial charge is 0.495 e. The third kappa shape index (κ3) is 3.02. The van der Waals surface area contributed by atoms with E-state index in [1.807, 2.05) is 22.6 Å². The van der Waals surface area contributed by atoms with E-state index < -0.39 is 23.7 Å². The molecule has 7 heteroatoms. The molecule has 1 aromatic rings. The first kappa shape index (κ1) is 14.1. The maximum absolute atomic E-state index is 12.9. The highest BCUT2D eigenvalue weighted by Crippen LogP contribution is 2.34. The SMILES string of the molecule is CCOC(=O)c1ncc(I)c(OC)c1C(F)F. The third-order valence-electron chi connectivity index (χ3n) is 1.91. The average Bonchev–Trinajstić information content (AvgIpc) is 2.28. The zero-order valence-electron chi connectivity index (χ0n) is 9.17. The van der Waals surface area contributed by atoms with Crippen molar-refractivity contribution >= 4 is 28.6 Å². The highest BCUT2D eigenvalue weighted by molar-refractivity contribution is 14.1. The second-order valence-corrected chi connectivity index (χ2v) is 4.09. The van der Waals surface area contributed by atoms with Gasteiger partial charge in [0.25, 0.3) is 6.43 Å². The molecule has 0 N–H and O–H groups in total. The van der Waals surface area contributed by atoms with Gasteiger partial charge in [0.2, 0.25) is 0 Å². The fourth-order valence-corrected chi connectivity index (χ4v) is 1.91. The topological polar surface area (TPSA) is 48.4 Å². The molecule has 17 heavy (non-hydrogen) atoms. The number of halogens is 3. The van der Waals surface area contributed by atoms with Crippen LogP contribution >= 0.6 is 22.6 Å². The molecule has 0 unspecified atom stereocenters. The molecule has 1 rings (SSSR count). The Balaban J connectivity index is 3.35. The average molecular weight is 357 g/mol. The van der Waals surface area contributed by atoms with E-state index in [4.69, 9.17) is 4.74 Å². The van der Waals surface area contributed by atoms with Crippen molar-refractivity contribution in [1.82, 2.24) is 4.98 Å². The number of rotatable bonds is 4. The van der Waals surface area contributed by atoms with E-state index in [0.29, 0.717) is 3.57 Å². The summed E-state index contributed by atoms with van der Waals surface area (Å²) in [6.07, 6.45) is -1.57. The first-order chi connectivity index (χ1) is 8.02. The first-order valence-electron chi connectivity index (χ1n) is 4.70. The van der Waals surface area contributed by atoms with Crippen LogP contribution in [0.5, 0.6) is 5.75 Å². The summed E-state index contributed by atoms with van der Waals surface area (Å²) >= 11 is 1.81. The summed E-state index contributed by atoms with van der Waals surface area (Å²) in [4.78, 5) is 15.2. The predicted octanol–water partition coefficient (Wildman–Crippen LogP) is 2.81. The molecule has 0 aliphatic rings. The standard InChI is InChI=1S/C10H10F2INO3/c1-3-17-10(15)7-6(9(11)12)8(16-2)5(13)4-14-7/h4,9H,3H2,1-2H3. The van der Waals surface area contributed by atoms with Gasteiger partial charge >= 0.3 is 5.97 Å². The highest BCUT2D eigenvalue weighted by Gasteiger charge is 2.27. The van der Waals surface area contributed by atoms with Crippen LogP contribution in [-0.2, 0) is 4.74 Å². The number of hydrogen-bond acceptors (Lipinski definition) is 4. The molecule has 0 aliphatic heterocycles. The van der Waals surface area contributed by atoms with Gasteiger partial charge in [-0.15, -0.1) is 0 Å². The number of nitrogens with zero attached hydrogens (tertiary/aromatic N) is 1. The van der Waals surface area contributed by atoms with E-state index in [1.54, 1.807) is 6.92 Å². The predicted molar refractivity (Wildman–Crippen MR) is 64.4 cm³/mol. The van der Waals surface area contributed by atoms with Crippen LogP contribution in [0.1, 0.15) is 29.4 Å². The van der Waals surface area contributed by atoms with Crippen LogP contribution in [0.4, 0.5) is 8.78 Å². The Morgan fingerprint density at radius 3 is 2.71 bits per heavy atom. The van der Waals surface area contributed by atoms with Crippen molar-refractivity contribution in [2.75, 3.05) is 13.7 Å². The van der Waals surface area contributed by atoms with Crippen LogP contribution in [0, 0.1) is 3.57 Å². The minimum Gasteiger partial charge on any atom is -0.495 e. The number of carbonyl (C=O) groups excluding carboxylic acids is 1. The molecule has 1 aromatic heterocycles. The quantitative estimate of drug-likeness (QED) is 0.614. The molecule has 0 saturated carbocycles. The second kappa shape index (κ2) is 6.08. The van der Waals surface area contributed by atoms with Crippen molar-refractivity contribution in [3.05, 3.63) is 21.0 Å². The smallest absolute Gasteiger partial charge is 0.357 e. The minimum atomic E-state index is -2.86. The van der Waals surface area contributed by atoms with Crippen LogP contribution < -0.4 is 4.74 Å². The summed E-state index contributed by atoms with van der Waals surface area (Å²) in [6.45, 7) is 1.68. The summed E-state index contributed by atoms with van der Waals surface area (Å²) in [5.74, 6) is -0.920. The first-order valence-corrected chi connectivity index (χ1v) is 5.78. The summed E-state index contributed by atoms with van der Waals surface area (Å²) in [7, 11) is 1.26. The lowest BCUT2D eigenvalue weighted by molar-refractivity contribution is 0.0506. The van der Waals surface area contributed by atoms with E-state index in [1.165, 1.54) is 13.3 Å². The fourth-order valence-electron chi connectivity index (χ4n) is 1.26. The molecule has 0 bridgehead atoms. The molecule has 0 radical (unpaired) electrons. The van der Waals surface area contributed by atoms with Gasteiger partial charge in [-0.3, -0.25) is 0 Å². The van der Waals surface area contributed by atoms with Crippen molar-refractivity contribution in [2.45, 2.75) is 13.3 Å². The van der Waals surface area contributed by atoms with Gasteiger partial charge < -0.3 is 9.47 Å². The molecule has 0 spiro atoms. The van der Waals surface area contributed by atoms with E-state index in [-0.39, 0.29) is 12.4 Å². The number of aromatic nitrogens is 1. The van der Waals surface area contributed by atoms with Crippen molar-refractivity contribution < 1.29 is 23.0 Å². The molecular weight excluding hydrogens is 347 g/mol. The number of hydrogen-bond donors (Lipinski definition) is 0. The fraction of sp³-hybridized carbons (Fsp3) is 0.400. The Morgan fingerprint density at radius 1 is 1.59 bits per heavy atom.